The maximum atomic E-state index is 11.8. The predicted molar refractivity (Wildman–Crippen MR) is 62.2 cm³/mol. The van der Waals surface area contributed by atoms with Crippen LogP contribution in [0.3, 0.4) is 0 Å². The van der Waals surface area contributed by atoms with Gasteiger partial charge in [-0.2, -0.15) is 0 Å². The molecule has 0 aliphatic rings. The predicted octanol–water partition coefficient (Wildman–Crippen LogP) is -0.534. The van der Waals surface area contributed by atoms with E-state index in [0.717, 1.165) is 12.2 Å². The van der Waals surface area contributed by atoms with Gasteiger partial charge in [-0.1, -0.05) is 13.2 Å². The summed E-state index contributed by atoms with van der Waals surface area (Å²) in [6, 6.07) is 0. The summed E-state index contributed by atoms with van der Waals surface area (Å²) in [4.78, 5) is 23.7. The van der Waals surface area contributed by atoms with Crippen LogP contribution in [0.4, 0.5) is 0 Å². The number of hydrogen-bond donors (Lipinski definition) is 3. The van der Waals surface area contributed by atoms with Crippen molar-refractivity contribution in [2.45, 2.75) is 6.92 Å². The summed E-state index contributed by atoms with van der Waals surface area (Å²) in [6.07, 6.45) is 1.86. The average Bonchev–Trinajstić information content (AvgIpc) is 2.38. The van der Waals surface area contributed by atoms with E-state index in [2.05, 4.69) is 13.2 Å². The lowest BCUT2D eigenvalue weighted by molar-refractivity contribution is -0.154. The van der Waals surface area contributed by atoms with Crippen molar-refractivity contribution in [3.05, 3.63) is 25.3 Å². The Balaban J connectivity index is 5.91. The molecule has 0 heterocycles. The van der Waals surface area contributed by atoms with E-state index < -0.39 is 42.2 Å². The van der Waals surface area contributed by atoms with Gasteiger partial charge in [-0.3, -0.25) is 9.59 Å². The summed E-state index contributed by atoms with van der Waals surface area (Å²) in [7, 11) is 0. The molecule has 0 saturated heterocycles. The van der Waals surface area contributed by atoms with Gasteiger partial charge in [-0.15, -0.1) is 0 Å². The Bertz CT molecular complexity index is 300. The van der Waals surface area contributed by atoms with Crippen molar-refractivity contribution in [3.63, 3.8) is 0 Å². The third-order valence-electron chi connectivity index (χ3n) is 3.33. The molecular weight excluding hydrogens is 224 g/mol. The summed E-state index contributed by atoms with van der Waals surface area (Å²) in [5.74, 6) is -1.36. The number of allylic oxidation sites excluding steroid dienone is 2. The number of aliphatic hydroxyl groups excluding tert-OH is 3. The molecule has 0 radical (unpaired) electrons. The van der Waals surface area contributed by atoms with E-state index in [1.54, 1.807) is 0 Å². The molecule has 0 bridgehead atoms. The van der Waals surface area contributed by atoms with E-state index in [-0.39, 0.29) is 0 Å². The fraction of sp³-hybridized carbons (Fsp3) is 0.500. The molecule has 0 unspecified atom stereocenters. The highest BCUT2D eigenvalue weighted by Gasteiger charge is 2.55. The molecular formula is C12H18O5. The lowest BCUT2D eigenvalue weighted by atomic mass is 9.60. The summed E-state index contributed by atoms with van der Waals surface area (Å²) in [6.45, 7) is 5.67. The van der Waals surface area contributed by atoms with E-state index in [0.29, 0.717) is 0 Å². The van der Waals surface area contributed by atoms with E-state index >= 15 is 0 Å². The van der Waals surface area contributed by atoms with Gasteiger partial charge in [0.15, 0.2) is 11.6 Å². The van der Waals surface area contributed by atoms with Gasteiger partial charge in [0, 0.05) is 0 Å². The Morgan fingerprint density at radius 3 is 1.47 bits per heavy atom. The Kier molecular flexibility index (Phi) is 5.41. The molecule has 0 spiro atoms. The zero-order chi connectivity index (χ0) is 13.7. The molecule has 0 amide bonds. The monoisotopic (exact) mass is 242 g/mol. The van der Waals surface area contributed by atoms with E-state index in [9.17, 15) is 24.9 Å². The summed E-state index contributed by atoms with van der Waals surface area (Å²) in [5, 5.41) is 27.9. The van der Waals surface area contributed by atoms with Gasteiger partial charge in [0.05, 0.1) is 25.2 Å². The first kappa shape index (κ1) is 15.7. The highest BCUT2D eigenvalue weighted by Crippen LogP contribution is 2.41. The largest absolute Gasteiger partial charge is 0.396 e. The van der Waals surface area contributed by atoms with Crippen LogP contribution in [0.1, 0.15) is 6.92 Å². The van der Waals surface area contributed by atoms with E-state index in [1.165, 1.54) is 6.92 Å². The van der Waals surface area contributed by atoms with Gasteiger partial charge in [-0.25, -0.2) is 0 Å². The Hall–Kier alpha value is -1.30. The second-order valence-electron chi connectivity index (χ2n) is 4.02. The van der Waals surface area contributed by atoms with Gasteiger partial charge in [0.2, 0.25) is 0 Å². The minimum atomic E-state index is -1.78. The van der Waals surface area contributed by atoms with Crippen LogP contribution in [0.15, 0.2) is 25.3 Å². The Morgan fingerprint density at radius 1 is 1.00 bits per heavy atom. The SMILES string of the molecule is C=CC(=O)C(C)(C(=O)C=C)C(CO)(CO)CO. The number of carbonyl (C=O) groups excluding carboxylic acids is 2. The quantitative estimate of drug-likeness (QED) is 0.393. The standard InChI is InChI=1S/C12H18O5/c1-4-9(16)11(3,10(17)5-2)12(6-13,7-14)8-15/h4-5,13-15H,1-2,6-8H2,3H3. The van der Waals surface area contributed by atoms with Crippen LogP contribution in [0.25, 0.3) is 0 Å². The first-order chi connectivity index (χ1) is 7.89. The molecule has 17 heavy (non-hydrogen) atoms. The van der Waals surface area contributed by atoms with E-state index in [1.807, 2.05) is 0 Å². The van der Waals surface area contributed by atoms with Crippen LogP contribution in [0.2, 0.25) is 0 Å². The smallest absolute Gasteiger partial charge is 0.169 e. The number of ketones is 2. The number of carbonyl (C=O) groups is 2. The van der Waals surface area contributed by atoms with Crippen LogP contribution in [0, 0.1) is 10.8 Å². The topological polar surface area (TPSA) is 94.8 Å². The normalized spacial score (nSPS) is 12.0. The molecule has 96 valence electrons. The maximum Gasteiger partial charge on any atom is 0.169 e. The minimum absolute atomic E-state index is 0.681. The lowest BCUT2D eigenvalue weighted by Gasteiger charge is -2.42. The molecule has 0 fully saturated rings. The molecule has 5 nitrogen and oxygen atoms in total. The molecule has 0 atom stereocenters. The van der Waals surface area contributed by atoms with E-state index in [4.69, 9.17) is 0 Å². The third kappa shape index (κ3) is 2.22. The molecule has 0 aromatic carbocycles. The number of rotatable bonds is 8. The van der Waals surface area contributed by atoms with Crippen LogP contribution >= 0.6 is 0 Å². The van der Waals surface area contributed by atoms with Crippen LogP contribution < -0.4 is 0 Å². The van der Waals surface area contributed by atoms with Crippen molar-refractivity contribution in [2.24, 2.45) is 10.8 Å². The number of hydrogen-bond acceptors (Lipinski definition) is 5. The van der Waals surface area contributed by atoms with Crippen molar-refractivity contribution < 1.29 is 24.9 Å². The molecule has 0 rings (SSSR count). The minimum Gasteiger partial charge on any atom is -0.396 e. The van der Waals surface area contributed by atoms with Gasteiger partial charge in [0.25, 0.3) is 0 Å². The first-order valence-corrected chi connectivity index (χ1v) is 5.06. The highest BCUT2D eigenvalue weighted by atomic mass is 16.3. The molecule has 0 aromatic heterocycles. The molecule has 0 aromatic rings. The zero-order valence-electron chi connectivity index (χ0n) is 9.85. The lowest BCUT2D eigenvalue weighted by Crippen LogP contribution is -2.56. The third-order valence-corrected chi connectivity index (χ3v) is 3.33. The Morgan fingerprint density at radius 2 is 1.29 bits per heavy atom. The Labute approximate surface area is 100 Å². The first-order valence-electron chi connectivity index (χ1n) is 5.06. The zero-order valence-corrected chi connectivity index (χ0v) is 9.85. The fourth-order valence-electron chi connectivity index (χ4n) is 1.68. The van der Waals surface area contributed by atoms with Crippen LogP contribution in [-0.2, 0) is 9.59 Å². The van der Waals surface area contributed by atoms with Crippen molar-refractivity contribution >= 4 is 11.6 Å². The highest BCUT2D eigenvalue weighted by molar-refractivity contribution is 6.15. The van der Waals surface area contributed by atoms with Crippen LogP contribution in [-0.4, -0.2) is 46.7 Å². The summed E-state index contributed by atoms with van der Waals surface area (Å²) < 4.78 is 0. The van der Waals surface area contributed by atoms with Crippen molar-refractivity contribution in [1.82, 2.24) is 0 Å². The summed E-state index contributed by atoms with van der Waals surface area (Å²) >= 11 is 0. The second kappa shape index (κ2) is 5.86. The maximum absolute atomic E-state index is 11.8. The molecule has 5 heteroatoms. The molecule has 0 aliphatic carbocycles. The van der Waals surface area contributed by atoms with Crippen molar-refractivity contribution in [1.29, 1.82) is 0 Å². The molecule has 0 aliphatic heterocycles. The van der Waals surface area contributed by atoms with Gasteiger partial charge < -0.3 is 15.3 Å². The van der Waals surface area contributed by atoms with Gasteiger partial charge in [-0.05, 0) is 19.1 Å². The summed E-state index contributed by atoms with van der Waals surface area (Å²) in [5.41, 5.74) is -3.43. The van der Waals surface area contributed by atoms with Crippen molar-refractivity contribution in [3.8, 4) is 0 Å². The average molecular weight is 242 g/mol. The fourth-order valence-corrected chi connectivity index (χ4v) is 1.68. The van der Waals surface area contributed by atoms with Crippen LogP contribution in [0.5, 0.6) is 0 Å². The van der Waals surface area contributed by atoms with Gasteiger partial charge in [0.1, 0.15) is 5.41 Å². The molecule has 3 N–H and O–H groups in total. The van der Waals surface area contributed by atoms with Gasteiger partial charge >= 0.3 is 0 Å². The number of aliphatic hydroxyl groups is 3. The second-order valence-corrected chi connectivity index (χ2v) is 4.02. The van der Waals surface area contributed by atoms with Crippen molar-refractivity contribution in [2.75, 3.05) is 19.8 Å². The molecule has 0 saturated carbocycles.